The van der Waals surface area contributed by atoms with Gasteiger partial charge in [0, 0.05) is 37.3 Å². The number of piperidine rings is 1. The number of ether oxygens (including phenoxy) is 2. The number of rotatable bonds is 6. The van der Waals surface area contributed by atoms with Crippen LogP contribution in [-0.2, 0) is 11.2 Å². The van der Waals surface area contributed by atoms with Gasteiger partial charge in [0.2, 0.25) is 0 Å². The zero-order valence-corrected chi connectivity index (χ0v) is 21.5. The molecule has 0 bridgehead atoms. The summed E-state index contributed by atoms with van der Waals surface area (Å²) in [6, 6.07) is 21.2. The number of hydrogen-bond donors (Lipinski definition) is 1. The lowest BCUT2D eigenvalue weighted by atomic mass is 9.91. The van der Waals surface area contributed by atoms with Crippen LogP contribution in [-0.4, -0.2) is 36.2 Å². The van der Waals surface area contributed by atoms with Crippen molar-refractivity contribution in [1.29, 1.82) is 0 Å². The molecule has 0 radical (unpaired) electrons. The van der Waals surface area contributed by atoms with Crippen molar-refractivity contribution in [2.45, 2.75) is 64.8 Å². The smallest absolute Gasteiger partial charge is 0.127 e. The fraction of sp³-hybridized carbons (Fsp3) is 0.419. The zero-order chi connectivity index (χ0) is 24.6. The van der Waals surface area contributed by atoms with Crippen molar-refractivity contribution >= 4 is 5.69 Å². The van der Waals surface area contributed by atoms with Gasteiger partial charge in [0.1, 0.15) is 17.5 Å². The van der Waals surface area contributed by atoms with Crippen molar-refractivity contribution in [2.75, 3.05) is 25.4 Å². The number of fused-ring (bicyclic) bond motifs is 1. The number of nitrogens with two attached hydrogens (primary N) is 1. The van der Waals surface area contributed by atoms with Crippen LogP contribution in [0.15, 0.2) is 60.7 Å². The Balaban J connectivity index is 1.23. The van der Waals surface area contributed by atoms with E-state index in [0.29, 0.717) is 0 Å². The first-order valence-electron chi connectivity index (χ1n) is 12.9. The summed E-state index contributed by atoms with van der Waals surface area (Å²) in [5.41, 5.74) is 14.3. The van der Waals surface area contributed by atoms with E-state index in [1.165, 1.54) is 27.8 Å². The van der Waals surface area contributed by atoms with E-state index in [9.17, 15) is 0 Å². The van der Waals surface area contributed by atoms with E-state index in [1.807, 2.05) is 0 Å². The van der Waals surface area contributed by atoms with Gasteiger partial charge in [0.15, 0.2) is 0 Å². The minimum Gasteiger partial charge on any atom is -0.485 e. The third-order valence-corrected chi connectivity index (χ3v) is 7.96. The molecule has 4 nitrogen and oxygen atoms in total. The van der Waals surface area contributed by atoms with E-state index < -0.39 is 0 Å². The van der Waals surface area contributed by atoms with Crippen LogP contribution in [0.4, 0.5) is 5.69 Å². The summed E-state index contributed by atoms with van der Waals surface area (Å²) in [4.78, 5) is 2.55. The lowest BCUT2D eigenvalue weighted by Crippen LogP contribution is -2.48. The first-order valence-corrected chi connectivity index (χ1v) is 12.9. The topological polar surface area (TPSA) is 47.7 Å². The highest BCUT2D eigenvalue weighted by atomic mass is 16.5. The molecule has 184 valence electrons. The maximum atomic E-state index is 6.74. The molecule has 2 heterocycles. The van der Waals surface area contributed by atoms with Crippen LogP contribution >= 0.6 is 0 Å². The van der Waals surface area contributed by atoms with Gasteiger partial charge in [-0.3, -0.25) is 4.90 Å². The van der Waals surface area contributed by atoms with Crippen LogP contribution in [0.2, 0.25) is 0 Å². The molecule has 3 aromatic rings. The standard InChI is InChI=1S/C31H38N2O2/c1-21-22(2)29-27(23(3)28(21)32)19-31(4,35-29)20-33-17-15-26(16-18-33)34-30(24-11-7-5-8-12-24)25-13-9-6-10-14-25/h5-14,26,30H,15-20,32H2,1-4H3. The third kappa shape index (κ3) is 4.82. The van der Waals surface area contributed by atoms with Crippen molar-refractivity contribution in [1.82, 2.24) is 4.90 Å². The number of nitrogen functional groups attached to an aromatic ring is 1. The molecule has 35 heavy (non-hydrogen) atoms. The molecule has 0 saturated carbocycles. The number of likely N-dealkylation sites (tertiary alicyclic amines) is 1. The summed E-state index contributed by atoms with van der Waals surface area (Å²) < 4.78 is 13.4. The van der Waals surface area contributed by atoms with Crippen molar-refractivity contribution in [3.8, 4) is 5.75 Å². The van der Waals surface area contributed by atoms with E-state index >= 15 is 0 Å². The molecule has 0 spiro atoms. The molecule has 0 aromatic heterocycles. The predicted octanol–water partition coefficient (Wildman–Crippen LogP) is 6.16. The molecule has 1 saturated heterocycles. The van der Waals surface area contributed by atoms with Crippen molar-refractivity contribution in [3.05, 3.63) is 94.0 Å². The second-order valence-corrected chi connectivity index (χ2v) is 10.6. The van der Waals surface area contributed by atoms with Crippen LogP contribution < -0.4 is 10.5 Å². The highest BCUT2D eigenvalue weighted by molar-refractivity contribution is 5.66. The monoisotopic (exact) mass is 470 g/mol. The average Bonchev–Trinajstić information content (AvgIpc) is 3.24. The predicted molar refractivity (Wildman–Crippen MR) is 143 cm³/mol. The molecule has 3 aromatic carbocycles. The third-order valence-electron chi connectivity index (χ3n) is 7.96. The lowest BCUT2D eigenvalue weighted by Gasteiger charge is -2.38. The molecule has 1 unspecified atom stereocenters. The van der Waals surface area contributed by atoms with Gasteiger partial charge in [0.05, 0.1) is 6.10 Å². The molecule has 5 rings (SSSR count). The number of nitrogens with zero attached hydrogens (tertiary/aromatic N) is 1. The van der Waals surface area contributed by atoms with Crippen LogP contribution in [0.5, 0.6) is 5.75 Å². The Labute approximate surface area is 210 Å². The number of anilines is 1. The van der Waals surface area contributed by atoms with Crippen LogP contribution in [0.25, 0.3) is 0 Å². The molecule has 2 N–H and O–H groups in total. The van der Waals surface area contributed by atoms with E-state index in [2.05, 4.69) is 93.3 Å². The second-order valence-electron chi connectivity index (χ2n) is 10.6. The Hall–Kier alpha value is -2.82. The largest absolute Gasteiger partial charge is 0.485 e. The van der Waals surface area contributed by atoms with E-state index in [1.54, 1.807) is 0 Å². The highest BCUT2D eigenvalue weighted by Gasteiger charge is 2.40. The van der Waals surface area contributed by atoms with Crippen molar-refractivity contribution < 1.29 is 9.47 Å². The van der Waals surface area contributed by atoms with Crippen molar-refractivity contribution in [3.63, 3.8) is 0 Å². The molecule has 1 fully saturated rings. The Morgan fingerprint density at radius 3 is 2.06 bits per heavy atom. The fourth-order valence-electron chi connectivity index (χ4n) is 5.78. The normalized spacial score (nSPS) is 20.7. The Bertz CT molecular complexity index is 1090. The highest BCUT2D eigenvalue weighted by Crippen LogP contribution is 2.44. The van der Waals surface area contributed by atoms with E-state index in [4.69, 9.17) is 15.2 Å². The molecule has 2 aliphatic heterocycles. The van der Waals surface area contributed by atoms with Gasteiger partial charge in [0.25, 0.3) is 0 Å². The first kappa shape index (κ1) is 23.9. The minimum absolute atomic E-state index is 0.0289. The summed E-state index contributed by atoms with van der Waals surface area (Å²) in [6.45, 7) is 11.6. The van der Waals surface area contributed by atoms with E-state index in [0.717, 1.165) is 55.9 Å². The van der Waals surface area contributed by atoms with Gasteiger partial charge in [-0.15, -0.1) is 0 Å². The SMILES string of the molecule is Cc1c(C)c2c(c(C)c1N)CC(C)(CN1CCC(OC(c3ccccc3)c3ccccc3)CC1)O2. The summed E-state index contributed by atoms with van der Waals surface area (Å²) >= 11 is 0. The van der Waals surface area contributed by atoms with Gasteiger partial charge >= 0.3 is 0 Å². The molecule has 2 aliphatic rings. The van der Waals surface area contributed by atoms with Crippen LogP contribution in [0.1, 0.15) is 59.3 Å². The molecular formula is C31H38N2O2. The molecule has 4 heteroatoms. The molecular weight excluding hydrogens is 432 g/mol. The minimum atomic E-state index is -0.220. The summed E-state index contributed by atoms with van der Waals surface area (Å²) in [5.74, 6) is 1.06. The average molecular weight is 471 g/mol. The summed E-state index contributed by atoms with van der Waals surface area (Å²) in [7, 11) is 0. The van der Waals surface area contributed by atoms with Gasteiger partial charge in [-0.25, -0.2) is 0 Å². The number of hydrogen-bond acceptors (Lipinski definition) is 4. The van der Waals surface area contributed by atoms with Gasteiger partial charge in [-0.05, 0) is 68.4 Å². The maximum absolute atomic E-state index is 6.74. The first-order chi connectivity index (χ1) is 16.8. The zero-order valence-electron chi connectivity index (χ0n) is 21.5. The Morgan fingerprint density at radius 1 is 0.914 bits per heavy atom. The van der Waals surface area contributed by atoms with Gasteiger partial charge < -0.3 is 15.2 Å². The molecule has 0 amide bonds. The van der Waals surface area contributed by atoms with Gasteiger partial charge in [-0.2, -0.15) is 0 Å². The maximum Gasteiger partial charge on any atom is 0.127 e. The lowest BCUT2D eigenvalue weighted by molar-refractivity contribution is -0.0374. The van der Waals surface area contributed by atoms with Crippen LogP contribution in [0.3, 0.4) is 0 Å². The quantitative estimate of drug-likeness (QED) is 0.439. The Kier molecular flexibility index (Phi) is 6.61. The van der Waals surface area contributed by atoms with Crippen molar-refractivity contribution in [2.24, 2.45) is 0 Å². The number of benzene rings is 3. The molecule has 1 atom stereocenters. The van der Waals surface area contributed by atoms with E-state index in [-0.39, 0.29) is 17.8 Å². The fourth-order valence-corrected chi connectivity index (χ4v) is 5.78. The second kappa shape index (κ2) is 9.67. The Morgan fingerprint density at radius 2 is 1.49 bits per heavy atom. The summed E-state index contributed by atoms with van der Waals surface area (Å²) in [6.07, 6.45) is 3.20. The van der Waals surface area contributed by atoms with Crippen LogP contribution in [0, 0.1) is 20.8 Å². The summed E-state index contributed by atoms with van der Waals surface area (Å²) in [5, 5.41) is 0. The van der Waals surface area contributed by atoms with Gasteiger partial charge in [-0.1, -0.05) is 60.7 Å². The molecule has 0 aliphatic carbocycles.